The third-order valence-corrected chi connectivity index (χ3v) is 3.51. The molecule has 0 aliphatic heterocycles. The average Bonchev–Trinajstić information content (AvgIpc) is 2.77. The summed E-state index contributed by atoms with van der Waals surface area (Å²) in [5.41, 5.74) is 1.49. The molecule has 0 bridgehead atoms. The minimum atomic E-state index is -0.189. The first-order valence-electron chi connectivity index (χ1n) is 5.51. The fourth-order valence-corrected chi connectivity index (χ4v) is 2.52. The Labute approximate surface area is 108 Å². The van der Waals surface area contributed by atoms with Crippen LogP contribution in [0.25, 0.3) is 0 Å². The molecule has 0 amide bonds. The number of rotatable bonds is 4. The Hall–Kier alpha value is -2.00. The summed E-state index contributed by atoms with van der Waals surface area (Å²) in [6.45, 7) is 2.49. The number of aromatic nitrogens is 3. The van der Waals surface area contributed by atoms with Crippen LogP contribution in [0.15, 0.2) is 34.2 Å². The molecule has 18 heavy (non-hydrogen) atoms. The maximum Gasteiger partial charge on any atom is 0.343 e. The van der Waals surface area contributed by atoms with E-state index in [2.05, 4.69) is 16.3 Å². The molecule has 0 aliphatic carbocycles. The maximum absolute atomic E-state index is 11.4. The van der Waals surface area contributed by atoms with Crippen molar-refractivity contribution < 1.29 is 0 Å². The quantitative estimate of drug-likeness (QED) is 0.850. The van der Waals surface area contributed by atoms with Crippen LogP contribution in [-0.4, -0.2) is 14.8 Å². The topological polar surface area (TPSA) is 74.5 Å². The number of thioether (sulfide) groups is 1. The van der Waals surface area contributed by atoms with E-state index in [1.807, 2.05) is 25.1 Å². The summed E-state index contributed by atoms with van der Waals surface area (Å²) in [7, 11) is 0. The molecule has 1 aromatic carbocycles. The number of nitrogens with one attached hydrogen (secondary N) is 1. The van der Waals surface area contributed by atoms with E-state index in [-0.39, 0.29) is 5.69 Å². The van der Waals surface area contributed by atoms with Crippen LogP contribution < -0.4 is 5.69 Å². The van der Waals surface area contributed by atoms with Crippen molar-refractivity contribution in [2.75, 3.05) is 0 Å². The fraction of sp³-hybridized carbons (Fsp3) is 0.250. The van der Waals surface area contributed by atoms with E-state index in [0.29, 0.717) is 23.0 Å². The van der Waals surface area contributed by atoms with E-state index in [9.17, 15) is 4.79 Å². The van der Waals surface area contributed by atoms with Gasteiger partial charge in [0.25, 0.3) is 0 Å². The summed E-state index contributed by atoms with van der Waals surface area (Å²) in [5, 5.41) is 15.9. The molecule has 1 N–H and O–H groups in total. The predicted molar refractivity (Wildman–Crippen MR) is 69.2 cm³/mol. The van der Waals surface area contributed by atoms with Gasteiger partial charge in [-0.2, -0.15) is 5.26 Å². The SMILES string of the molecule is CCn1c(SCc2cccc(C#N)c2)n[nH]c1=O. The minimum absolute atomic E-state index is 0.189. The van der Waals surface area contributed by atoms with Crippen molar-refractivity contribution >= 4 is 11.8 Å². The van der Waals surface area contributed by atoms with Crippen molar-refractivity contribution in [3.8, 4) is 6.07 Å². The zero-order valence-electron chi connectivity index (χ0n) is 9.88. The van der Waals surface area contributed by atoms with Crippen molar-refractivity contribution in [1.82, 2.24) is 14.8 Å². The Bertz CT molecular complexity index is 638. The first-order valence-corrected chi connectivity index (χ1v) is 6.50. The lowest BCUT2D eigenvalue weighted by molar-refractivity contribution is 0.660. The molecule has 92 valence electrons. The molecule has 0 spiro atoms. The van der Waals surface area contributed by atoms with Gasteiger partial charge in [0.05, 0.1) is 11.6 Å². The Kier molecular flexibility index (Phi) is 3.85. The largest absolute Gasteiger partial charge is 0.343 e. The molecule has 6 heteroatoms. The van der Waals surface area contributed by atoms with Gasteiger partial charge in [0.1, 0.15) is 0 Å². The van der Waals surface area contributed by atoms with Gasteiger partial charge in [0.15, 0.2) is 5.16 Å². The summed E-state index contributed by atoms with van der Waals surface area (Å²) in [6, 6.07) is 9.52. The van der Waals surface area contributed by atoms with E-state index in [0.717, 1.165) is 5.56 Å². The van der Waals surface area contributed by atoms with Crippen LogP contribution >= 0.6 is 11.8 Å². The molecule has 0 saturated heterocycles. The molecule has 2 aromatic rings. The van der Waals surface area contributed by atoms with Gasteiger partial charge < -0.3 is 0 Å². The molecule has 1 aromatic heterocycles. The van der Waals surface area contributed by atoms with Crippen LogP contribution in [0.2, 0.25) is 0 Å². The summed E-state index contributed by atoms with van der Waals surface area (Å²) < 4.78 is 1.58. The zero-order valence-corrected chi connectivity index (χ0v) is 10.7. The smallest absolute Gasteiger partial charge is 0.270 e. The number of aromatic amines is 1. The average molecular weight is 260 g/mol. The number of nitriles is 1. The summed E-state index contributed by atoms with van der Waals surface area (Å²) >= 11 is 1.48. The van der Waals surface area contributed by atoms with E-state index in [1.54, 1.807) is 10.6 Å². The summed E-state index contributed by atoms with van der Waals surface area (Å²) in [5.74, 6) is 0.680. The van der Waals surface area contributed by atoms with Crippen molar-refractivity contribution in [3.63, 3.8) is 0 Å². The van der Waals surface area contributed by atoms with Crippen molar-refractivity contribution in [2.24, 2.45) is 0 Å². The second-order valence-corrected chi connectivity index (χ2v) is 4.60. The van der Waals surface area contributed by atoms with Gasteiger partial charge >= 0.3 is 5.69 Å². The molecular formula is C12H12N4OS. The Balaban J connectivity index is 2.11. The highest BCUT2D eigenvalue weighted by Gasteiger charge is 2.07. The monoisotopic (exact) mass is 260 g/mol. The first kappa shape index (κ1) is 12.5. The van der Waals surface area contributed by atoms with Gasteiger partial charge in [0.2, 0.25) is 0 Å². The number of hydrogen-bond acceptors (Lipinski definition) is 4. The molecule has 0 atom stereocenters. The highest BCUT2D eigenvalue weighted by atomic mass is 32.2. The Morgan fingerprint density at radius 2 is 2.39 bits per heavy atom. The molecular weight excluding hydrogens is 248 g/mol. The fourth-order valence-electron chi connectivity index (χ4n) is 1.57. The van der Waals surface area contributed by atoms with Crippen LogP contribution in [0.3, 0.4) is 0 Å². The normalized spacial score (nSPS) is 10.2. The highest BCUT2D eigenvalue weighted by molar-refractivity contribution is 7.98. The van der Waals surface area contributed by atoms with Gasteiger partial charge in [-0.1, -0.05) is 23.9 Å². The van der Waals surface area contributed by atoms with Crippen molar-refractivity contribution in [1.29, 1.82) is 5.26 Å². The van der Waals surface area contributed by atoms with Crippen LogP contribution in [0.1, 0.15) is 18.1 Å². The molecule has 0 fully saturated rings. The van der Waals surface area contributed by atoms with E-state index >= 15 is 0 Å². The van der Waals surface area contributed by atoms with Crippen LogP contribution in [0.5, 0.6) is 0 Å². The number of hydrogen-bond donors (Lipinski definition) is 1. The van der Waals surface area contributed by atoms with Gasteiger partial charge in [-0.3, -0.25) is 4.57 Å². The maximum atomic E-state index is 11.4. The van der Waals surface area contributed by atoms with Crippen LogP contribution in [-0.2, 0) is 12.3 Å². The molecule has 1 heterocycles. The third-order valence-electron chi connectivity index (χ3n) is 2.46. The zero-order chi connectivity index (χ0) is 13.0. The van der Waals surface area contributed by atoms with Gasteiger partial charge in [0, 0.05) is 12.3 Å². The lowest BCUT2D eigenvalue weighted by atomic mass is 10.2. The van der Waals surface area contributed by atoms with Crippen LogP contribution in [0, 0.1) is 11.3 Å². The molecule has 0 saturated carbocycles. The Morgan fingerprint density at radius 3 is 3.11 bits per heavy atom. The third kappa shape index (κ3) is 2.63. The molecule has 5 nitrogen and oxygen atoms in total. The minimum Gasteiger partial charge on any atom is -0.270 e. The standard InChI is InChI=1S/C12H12N4OS/c1-2-16-11(17)14-15-12(16)18-8-10-5-3-4-9(6-10)7-13/h3-6H,2,8H2,1H3,(H,14,17). The Morgan fingerprint density at radius 1 is 1.56 bits per heavy atom. The van der Waals surface area contributed by atoms with Gasteiger partial charge in [-0.25, -0.2) is 9.89 Å². The van der Waals surface area contributed by atoms with Gasteiger partial charge in [-0.15, -0.1) is 5.10 Å². The number of H-pyrrole nitrogens is 1. The summed E-state index contributed by atoms with van der Waals surface area (Å²) in [6.07, 6.45) is 0. The number of nitrogens with zero attached hydrogens (tertiary/aromatic N) is 3. The highest BCUT2D eigenvalue weighted by Crippen LogP contribution is 2.19. The van der Waals surface area contributed by atoms with Crippen LogP contribution in [0.4, 0.5) is 0 Å². The lowest BCUT2D eigenvalue weighted by Gasteiger charge is -2.02. The summed E-state index contributed by atoms with van der Waals surface area (Å²) in [4.78, 5) is 11.4. The van der Waals surface area contributed by atoms with Crippen molar-refractivity contribution in [2.45, 2.75) is 24.4 Å². The first-order chi connectivity index (χ1) is 8.74. The molecule has 0 aliphatic rings. The predicted octanol–water partition coefficient (Wildman–Crippen LogP) is 1.76. The van der Waals surface area contributed by atoms with Gasteiger partial charge in [-0.05, 0) is 24.6 Å². The van der Waals surface area contributed by atoms with Crippen molar-refractivity contribution in [3.05, 3.63) is 45.9 Å². The second kappa shape index (κ2) is 5.56. The number of benzene rings is 1. The van der Waals surface area contributed by atoms with E-state index in [4.69, 9.17) is 5.26 Å². The molecule has 2 rings (SSSR count). The second-order valence-electron chi connectivity index (χ2n) is 3.66. The molecule has 0 radical (unpaired) electrons. The van der Waals surface area contributed by atoms with E-state index in [1.165, 1.54) is 11.8 Å². The molecule has 0 unspecified atom stereocenters. The lowest BCUT2D eigenvalue weighted by Crippen LogP contribution is -2.16. The van der Waals surface area contributed by atoms with E-state index < -0.39 is 0 Å².